The maximum atomic E-state index is 11.4. The molecule has 1 N–H and O–H groups in total. The fourth-order valence-electron chi connectivity index (χ4n) is 2.08. The highest BCUT2D eigenvalue weighted by Crippen LogP contribution is 2.07. The number of nitrogens with zero attached hydrogens (tertiary/aromatic N) is 2. The maximum absolute atomic E-state index is 11.4. The molecular formula is C18H27N3O2. The van der Waals surface area contributed by atoms with E-state index in [9.17, 15) is 4.79 Å². The van der Waals surface area contributed by atoms with Crippen LogP contribution in [-0.2, 0) is 11.3 Å². The van der Waals surface area contributed by atoms with E-state index < -0.39 is 0 Å². The van der Waals surface area contributed by atoms with Crippen LogP contribution in [0.1, 0.15) is 35.7 Å². The Hall–Kier alpha value is -2.30. The maximum Gasteiger partial charge on any atom is 0.337 e. The number of nitrogens with one attached hydrogen (secondary N) is 1. The minimum atomic E-state index is -0.324. The monoisotopic (exact) mass is 317 g/mol. The number of hydrogen-bond donors (Lipinski definition) is 1. The summed E-state index contributed by atoms with van der Waals surface area (Å²) in [6.07, 6.45) is 3.98. The molecule has 1 aromatic rings. The van der Waals surface area contributed by atoms with Crippen LogP contribution in [0, 0.1) is 0 Å². The van der Waals surface area contributed by atoms with Gasteiger partial charge in [0, 0.05) is 20.1 Å². The van der Waals surface area contributed by atoms with Gasteiger partial charge in [0.2, 0.25) is 0 Å². The molecule has 126 valence electrons. The number of hydrogen-bond acceptors (Lipinski definition) is 3. The second kappa shape index (κ2) is 10.4. The van der Waals surface area contributed by atoms with Crippen LogP contribution < -0.4 is 5.32 Å². The molecule has 0 heterocycles. The van der Waals surface area contributed by atoms with Crippen LogP contribution in [0.3, 0.4) is 0 Å². The molecule has 1 rings (SSSR count). The fourth-order valence-corrected chi connectivity index (χ4v) is 2.08. The third-order valence-electron chi connectivity index (χ3n) is 3.38. The topological polar surface area (TPSA) is 53.9 Å². The van der Waals surface area contributed by atoms with E-state index in [1.807, 2.05) is 25.3 Å². The molecule has 0 aliphatic heterocycles. The number of carbonyl (C=O) groups excluding carboxylic acids is 1. The number of benzene rings is 1. The lowest BCUT2D eigenvalue weighted by atomic mass is 10.1. The Labute approximate surface area is 139 Å². The fraction of sp³-hybridized carbons (Fsp3) is 0.444. The smallest absolute Gasteiger partial charge is 0.337 e. The van der Waals surface area contributed by atoms with Gasteiger partial charge in [0.25, 0.3) is 0 Å². The number of allylic oxidation sites excluding steroid dienone is 1. The Morgan fingerprint density at radius 2 is 2.09 bits per heavy atom. The van der Waals surface area contributed by atoms with Crippen LogP contribution in [0.25, 0.3) is 0 Å². The molecular weight excluding hydrogens is 290 g/mol. The highest BCUT2D eigenvalue weighted by molar-refractivity contribution is 5.89. The van der Waals surface area contributed by atoms with Gasteiger partial charge in [-0.2, -0.15) is 0 Å². The van der Waals surface area contributed by atoms with Crippen LogP contribution >= 0.6 is 0 Å². The molecule has 0 fully saturated rings. The Bertz CT molecular complexity index is 524. The molecule has 0 saturated carbocycles. The lowest BCUT2D eigenvalue weighted by molar-refractivity contribution is 0.0600. The first-order valence-electron chi connectivity index (χ1n) is 7.90. The molecule has 0 saturated heterocycles. The van der Waals surface area contributed by atoms with Crippen molar-refractivity contribution in [3.8, 4) is 0 Å². The number of aliphatic imine (C=N–C) groups is 1. The summed E-state index contributed by atoms with van der Waals surface area (Å²) in [4.78, 5) is 18.2. The molecule has 0 aliphatic rings. The van der Waals surface area contributed by atoms with Gasteiger partial charge in [0.15, 0.2) is 5.96 Å². The van der Waals surface area contributed by atoms with E-state index in [-0.39, 0.29) is 5.97 Å². The minimum absolute atomic E-state index is 0.324. The molecule has 5 nitrogen and oxygen atoms in total. The Kier molecular flexibility index (Phi) is 8.50. The third kappa shape index (κ3) is 6.55. The van der Waals surface area contributed by atoms with Gasteiger partial charge in [-0.3, -0.25) is 0 Å². The Morgan fingerprint density at radius 1 is 1.39 bits per heavy atom. The summed E-state index contributed by atoms with van der Waals surface area (Å²) in [6.45, 7) is 8.12. The number of carbonyl (C=O) groups is 1. The molecule has 0 radical (unpaired) electrons. The quantitative estimate of drug-likeness (QED) is 0.263. The minimum Gasteiger partial charge on any atom is -0.465 e. The van der Waals surface area contributed by atoms with Gasteiger partial charge in [-0.25, -0.2) is 9.79 Å². The SMILES string of the molecule is C=CCCCN(C)C(=NCc1ccc(C(=O)OC)cc1)NCC. The van der Waals surface area contributed by atoms with Crippen molar-refractivity contribution in [3.63, 3.8) is 0 Å². The van der Waals surface area contributed by atoms with E-state index in [0.29, 0.717) is 12.1 Å². The van der Waals surface area contributed by atoms with Gasteiger partial charge in [-0.1, -0.05) is 18.2 Å². The second-order valence-electron chi connectivity index (χ2n) is 5.21. The first kappa shape index (κ1) is 18.7. The normalized spacial score (nSPS) is 11.0. The van der Waals surface area contributed by atoms with Crippen molar-refractivity contribution in [2.75, 3.05) is 27.2 Å². The summed E-state index contributed by atoms with van der Waals surface area (Å²) < 4.78 is 4.69. The van der Waals surface area contributed by atoms with Crippen molar-refractivity contribution in [1.82, 2.24) is 10.2 Å². The zero-order valence-corrected chi connectivity index (χ0v) is 14.3. The Morgan fingerprint density at radius 3 is 2.65 bits per heavy atom. The lowest BCUT2D eigenvalue weighted by Crippen LogP contribution is -2.39. The molecule has 0 atom stereocenters. The van der Waals surface area contributed by atoms with Crippen molar-refractivity contribution >= 4 is 11.9 Å². The summed E-state index contributed by atoms with van der Waals surface area (Å²) in [5.74, 6) is 0.559. The second-order valence-corrected chi connectivity index (χ2v) is 5.21. The van der Waals surface area contributed by atoms with E-state index in [2.05, 4.69) is 28.7 Å². The number of rotatable bonds is 8. The van der Waals surface area contributed by atoms with E-state index in [0.717, 1.165) is 37.5 Å². The van der Waals surface area contributed by atoms with Gasteiger partial charge in [-0.15, -0.1) is 6.58 Å². The van der Waals surface area contributed by atoms with Crippen molar-refractivity contribution < 1.29 is 9.53 Å². The first-order chi connectivity index (χ1) is 11.1. The standard InChI is InChI=1S/C18H27N3O2/c1-5-7-8-13-21(3)18(19-6-2)20-14-15-9-11-16(12-10-15)17(22)23-4/h5,9-12H,1,6-8,13-14H2,2-4H3,(H,19,20). The van der Waals surface area contributed by atoms with Crippen molar-refractivity contribution in [2.24, 2.45) is 4.99 Å². The molecule has 0 aliphatic carbocycles. The van der Waals surface area contributed by atoms with Gasteiger partial charge in [0.05, 0.1) is 19.2 Å². The molecule has 1 aromatic carbocycles. The summed E-state index contributed by atoms with van der Waals surface area (Å²) >= 11 is 0. The van der Waals surface area contributed by atoms with Crippen LogP contribution in [0.5, 0.6) is 0 Å². The molecule has 0 unspecified atom stereocenters. The average Bonchev–Trinajstić information content (AvgIpc) is 2.58. The van der Waals surface area contributed by atoms with E-state index >= 15 is 0 Å². The lowest BCUT2D eigenvalue weighted by Gasteiger charge is -2.21. The zero-order valence-electron chi connectivity index (χ0n) is 14.3. The molecule has 5 heteroatoms. The molecule has 0 spiro atoms. The zero-order chi connectivity index (χ0) is 17.1. The predicted molar refractivity (Wildman–Crippen MR) is 94.7 cm³/mol. The number of esters is 1. The van der Waals surface area contributed by atoms with Gasteiger partial charge < -0.3 is 15.0 Å². The summed E-state index contributed by atoms with van der Waals surface area (Å²) in [7, 11) is 3.41. The highest BCUT2D eigenvalue weighted by Gasteiger charge is 2.06. The van der Waals surface area contributed by atoms with Crippen LogP contribution in [0.2, 0.25) is 0 Å². The number of methoxy groups -OCH3 is 1. The number of guanidine groups is 1. The number of ether oxygens (including phenoxy) is 1. The molecule has 23 heavy (non-hydrogen) atoms. The molecule has 0 bridgehead atoms. The third-order valence-corrected chi connectivity index (χ3v) is 3.38. The van der Waals surface area contributed by atoms with E-state index in [1.165, 1.54) is 7.11 Å². The predicted octanol–water partition coefficient (Wildman–Crippen LogP) is 2.84. The highest BCUT2D eigenvalue weighted by atomic mass is 16.5. The average molecular weight is 317 g/mol. The largest absolute Gasteiger partial charge is 0.465 e. The van der Waals surface area contributed by atoms with Crippen LogP contribution in [-0.4, -0.2) is 44.1 Å². The van der Waals surface area contributed by atoms with E-state index in [1.54, 1.807) is 12.1 Å². The summed E-state index contributed by atoms with van der Waals surface area (Å²) in [5, 5.41) is 3.29. The number of unbranched alkanes of at least 4 members (excludes halogenated alkanes) is 1. The summed E-state index contributed by atoms with van der Waals surface area (Å²) in [5.41, 5.74) is 1.60. The Balaban J connectivity index is 2.68. The first-order valence-corrected chi connectivity index (χ1v) is 7.90. The van der Waals surface area contributed by atoms with Gasteiger partial charge in [0.1, 0.15) is 0 Å². The van der Waals surface area contributed by atoms with Crippen molar-refractivity contribution in [3.05, 3.63) is 48.0 Å². The van der Waals surface area contributed by atoms with Crippen molar-refractivity contribution in [2.45, 2.75) is 26.3 Å². The van der Waals surface area contributed by atoms with E-state index in [4.69, 9.17) is 4.74 Å². The molecule has 0 aromatic heterocycles. The summed E-state index contributed by atoms with van der Waals surface area (Å²) in [6, 6.07) is 7.32. The van der Waals surface area contributed by atoms with Gasteiger partial charge >= 0.3 is 5.97 Å². The van der Waals surface area contributed by atoms with Crippen LogP contribution in [0.4, 0.5) is 0 Å². The molecule has 0 amide bonds. The van der Waals surface area contributed by atoms with Crippen LogP contribution in [0.15, 0.2) is 41.9 Å². The van der Waals surface area contributed by atoms with Gasteiger partial charge in [-0.05, 0) is 37.5 Å². The van der Waals surface area contributed by atoms with Crippen molar-refractivity contribution in [1.29, 1.82) is 0 Å².